The van der Waals surface area contributed by atoms with Crippen molar-refractivity contribution in [2.24, 2.45) is 0 Å². The van der Waals surface area contributed by atoms with Gasteiger partial charge < -0.3 is 19.8 Å². The second-order valence-electron chi connectivity index (χ2n) is 5.82. The van der Waals surface area contributed by atoms with Crippen LogP contribution in [0.25, 0.3) is 5.69 Å². The Morgan fingerprint density at radius 1 is 1.08 bits per heavy atom. The molecular formula is C19H17N3O3S. The third-order valence-corrected chi connectivity index (χ3v) is 4.33. The summed E-state index contributed by atoms with van der Waals surface area (Å²) in [5.74, 6) is 1.05. The van der Waals surface area contributed by atoms with Crippen LogP contribution in [0.5, 0.6) is 11.5 Å². The van der Waals surface area contributed by atoms with Gasteiger partial charge in [0.15, 0.2) is 16.3 Å². The number of imidazole rings is 1. The van der Waals surface area contributed by atoms with Crippen molar-refractivity contribution < 1.29 is 14.3 Å². The SMILES string of the molecule is O=C(Nc1ccc2c(c1)OCCCO2)c1c[nH]c(=S)n1-c1ccccc1. The molecule has 0 bridgehead atoms. The van der Waals surface area contributed by atoms with Gasteiger partial charge in [-0.1, -0.05) is 18.2 Å². The third kappa shape index (κ3) is 3.21. The van der Waals surface area contributed by atoms with Crippen LogP contribution in [0.4, 0.5) is 5.69 Å². The Hall–Kier alpha value is -3.06. The monoisotopic (exact) mass is 367 g/mol. The minimum absolute atomic E-state index is 0.268. The van der Waals surface area contributed by atoms with E-state index < -0.39 is 0 Å². The smallest absolute Gasteiger partial charge is 0.274 e. The summed E-state index contributed by atoms with van der Waals surface area (Å²) in [6, 6.07) is 14.9. The lowest BCUT2D eigenvalue weighted by Crippen LogP contribution is -2.16. The molecule has 132 valence electrons. The van der Waals surface area contributed by atoms with Crippen LogP contribution >= 0.6 is 12.2 Å². The Balaban J connectivity index is 1.62. The highest BCUT2D eigenvalue weighted by atomic mass is 32.1. The van der Waals surface area contributed by atoms with E-state index in [9.17, 15) is 4.79 Å². The van der Waals surface area contributed by atoms with Gasteiger partial charge in [-0.25, -0.2) is 0 Å². The van der Waals surface area contributed by atoms with Crippen molar-refractivity contribution in [3.8, 4) is 17.2 Å². The maximum Gasteiger partial charge on any atom is 0.274 e. The second kappa shape index (κ2) is 7.05. The van der Waals surface area contributed by atoms with E-state index >= 15 is 0 Å². The number of hydrogen-bond donors (Lipinski definition) is 2. The van der Waals surface area contributed by atoms with E-state index in [0.717, 1.165) is 12.1 Å². The van der Waals surface area contributed by atoms with Gasteiger partial charge >= 0.3 is 0 Å². The van der Waals surface area contributed by atoms with Crippen molar-refractivity contribution >= 4 is 23.8 Å². The minimum atomic E-state index is -0.268. The maximum atomic E-state index is 12.8. The molecule has 0 unspecified atom stereocenters. The highest BCUT2D eigenvalue weighted by Crippen LogP contribution is 2.32. The number of aromatic amines is 1. The van der Waals surface area contributed by atoms with Gasteiger partial charge in [0, 0.05) is 30.1 Å². The van der Waals surface area contributed by atoms with Crippen LogP contribution in [0.3, 0.4) is 0 Å². The fourth-order valence-electron chi connectivity index (χ4n) is 2.81. The number of benzene rings is 2. The van der Waals surface area contributed by atoms with Crippen LogP contribution < -0.4 is 14.8 Å². The van der Waals surface area contributed by atoms with E-state index in [1.807, 2.05) is 30.3 Å². The summed E-state index contributed by atoms with van der Waals surface area (Å²) in [4.78, 5) is 15.7. The van der Waals surface area contributed by atoms with E-state index in [4.69, 9.17) is 21.7 Å². The number of para-hydroxylation sites is 1. The molecule has 3 aromatic rings. The van der Waals surface area contributed by atoms with E-state index in [2.05, 4.69) is 10.3 Å². The summed E-state index contributed by atoms with van der Waals surface area (Å²) >= 11 is 5.32. The van der Waals surface area contributed by atoms with Crippen molar-refractivity contribution in [1.29, 1.82) is 0 Å². The largest absolute Gasteiger partial charge is 0.490 e. The molecule has 0 saturated carbocycles. The number of hydrogen-bond acceptors (Lipinski definition) is 4. The van der Waals surface area contributed by atoms with Crippen LogP contribution in [0, 0.1) is 4.77 Å². The number of carbonyl (C=O) groups excluding carboxylic acids is 1. The lowest BCUT2D eigenvalue weighted by molar-refractivity contribution is 0.102. The number of nitrogens with one attached hydrogen (secondary N) is 2. The molecule has 2 aromatic carbocycles. The first-order valence-electron chi connectivity index (χ1n) is 8.29. The number of fused-ring (bicyclic) bond motifs is 1. The first kappa shape index (κ1) is 16.4. The Morgan fingerprint density at radius 3 is 2.65 bits per heavy atom. The average Bonchev–Trinajstić information content (AvgIpc) is 2.90. The lowest BCUT2D eigenvalue weighted by Gasteiger charge is -2.11. The molecule has 6 nitrogen and oxygen atoms in total. The maximum absolute atomic E-state index is 12.8. The zero-order valence-electron chi connectivity index (χ0n) is 13.9. The van der Waals surface area contributed by atoms with Crippen LogP contribution in [0.1, 0.15) is 16.9 Å². The van der Waals surface area contributed by atoms with Crippen molar-refractivity contribution in [3.05, 3.63) is 65.2 Å². The molecule has 1 aliphatic rings. The third-order valence-electron chi connectivity index (χ3n) is 4.03. The predicted molar refractivity (Wildman–Crippen MR) is 101 cm³/mol. The molecule has 0 radical (unpaired) electrons. The number of nitrogens with zero attached hydrogens (tertiary/aromatic N) is 1. The predicted octanol–water partition coefficient (Wildman–Crippen LogP) is 3.95. The molecule has 7 heteroatoms. The summed E-state index contributed by atoms with van der Waals surface area (Å²) in [6.07, 6.45) is 2.44. The standard InChI is InChI=1S/C19H17N3O3S/c23-18(15-12-20-19(26)22(15)14-5-2-1-3-6-14)21-13-7-8-16-17(11-13)25-10-4-9-24-16/h1-3,5-8,11-12H,4,9-10H2,(H,20,26)(H,21,23). The van der Waals surface area contributed by atoms with E-state index in [1.165, 1.54) is 0 Å². The Bertz CT molecular complexity index is 995. The van der Waals surface area contributed by atoms with E-state index in [0.29, 0.717) is 40.9 Å². The highest BCUT2D eigenvalue weighted by Gasteiger charge is 2.16. The molecule has 0 saturated heterocycles. The summed E-state index contributed by atoms with van der Waals surface area (Å²) in [7, 11) is 0. The first-order chi connectivity index (χ1) is 12.7. The number of ether oxygens (including phenoxy) is 2. The number of carbonyl (C=O) groups is 1. The topological polar surface area (TPSA) is 68.3 Å². The molecule has 2 N–H and O–H groups in total. The molecule has 1 amide bonds. The van der Waals surface area contributed by atoms with E-state index in [-0.39, 0.29) is 5.91 Å². The van der Waals surface area contributed by atoms with Gasteiger partial charge in [0.25, 0.3) is 5.91 Å². The number of H-pyrrole nitrogens is 1. The van der Waals surface area contributed by atoms with Crippen molar-refractivity contribution in [2.45, 2.75) is 6.42 Å². The molecular weight excluding hydrogens is 350 g/mol. The van der Waals surface area contributed by atoms with Gasteiger partial charge in [0.05, 0.1) is 13.2 Å². The Kier molecular flexibility index (Phi) is 4.45. The minimum Gasteiger partial charge on any atom is -0.490 e. The summed E-state index contributed by atoms with van der Waals surface area (Å²) in [5, 5.41) is 2.89. The van der Waals surface area contributed by atoms with Gasteiger partial charge in [-0.2, -0.15) is 0 Å². The molecule has 0 spiro atoms. The number of anilines is 1. The van der Waals surface area contributed by atoms with Gasteiger partial charge in [-0.3, -0.25) is 9.36 Å². The molecule has 26 heavy (non-hydrogen) atoms. The van der Waals surface area contributed by atoms with Crippen molar-refractivity contribution in [2.75, 3.05) is 18.5 Å². The number of amides is 1. The lowest BCUT2D eigenvalue weighted by atomic mass is 10.2. The second-order valence-corrected chi connectivity index (χ2v) is 6.20. The Labute approximate surface area is 155 Å². The highest BCUT2D eigenvalue weighted by molar-refractivity contribution is 7.71. The fraction of sp³-hybridized carbons (Fsp3) is 0.158. The summed E-state index contributed by atoms with van der Waals surface area (Å²) < 4.78 is 13.4. The number of rotatable bonds is 3. The van der Waals surface area contributed by atoms with Gasteiger partial charge in [0.1, 0.15) is 5.69 Å². The van der Waals surface area contributed by atoms with Crippen LogP contribution in [-0.4, -0.2) is 28.7 Å². The Morgan fingerprint density at radius 2 is 1.85 bits per heavy atom. The molecule has 1 aromatic heterocycles. The molecule has 4 rings (SSSR count). The average molecular weight is 367 g/mol. The quantitative estimate of drug-likeness (QED) is 0.688. The molecule has 0 atom stereocenters. The van der Waals surface area contributed by atoms with Gasteiger partial charge in [0.2, 0.25) is 0 Å². The first-order valence-corrected chi connectivity index (χ1v) is 8.70. The molecule has 0 fully saturated rings. The normalized spacial score (nSPS) is 13.1. The fourth-order valence-corrected chi connectivity index (χ4v) is 3.07. The molecule has 2 heterocycles. The van der Waals surface area contributed by atoms with Crippen molar-refractivity contribution in [1.82, 2.24) is 9.55 Å². The zero-order chi connectivity index (χ0) is 17.9. The van der Waals surface area contributed by atoms with Crippen molar-refractivity contribution in [3.63, 3.8) is 0 Å². The molecule has 0 aliphatic carbocycles. The summed E-state index contributed by atoms with van der Waals surface area (Å²) in [6.45, 7) is 1.22. The van der Waals surface area contributed by atoms with Crippen LogP contribution in [0.2, 0.25) is 0 Å². The van der Waals surface area contributed by atoms with Gasteiger partial charge in [-0.05, 0) is 36.5 Å². The van der Waals surface area contributed by atoms with Gasteiger partial charge in [-0.15, -0.1) is 0 Å². The molecule has 1 aliphatic heterocycles. The number of aromatic nitrogens is 2. The summed E-state index contributed by atoms with van der Waals surface area (Å²) in [5.41, 5.74) is 1.88. The van der Waals surface area contributed by atoms with E-state index in [1.54, 1.807) is 29.0 Å². The van der Waals surface area contributed by atoms with Crippen LogP contribution in [-0.2, 0) is 0 Å². The zero-order valence-corrected chi connectivity index (χ0v) is 14.7. The van der Waals surface area contributed by atoms with Crippen LogP contribution in [0.15, 0.2) is 54.7 Å².